The van der Waals surface area contributed by atoms with E-state index in [1.807, 2.05) is 0 Å². The Hall–Kier alpha value is -3.80. The molecule has 11 nitrogen and oxygen atoms in total. The number of carbonyl (C=O) groups excluding carboxylic acids is 1. The van der Waals surface area contributed by atoms with E-state index in [9.17, 15) is 19.7 Å². The van der Waals surface area contributed by atoms with Crippen molar-refractivity contribution in [1.29, 1.82) is 0 Å². The Morgan fingerprint density at radius 2 is 2.06 bits per heavy atom. The average molecular weight is 533 g/mol. The molecular formula is C22H21BrN4O7. The number of aromatic nitrogens is 2. The van der Waals surface area contributed by atoms with Crippen molar-refractivity contribution in [1.82, 2.24) is 9.66 Å². The van der Waals surface area contributed by atoms with Crippen LogP contribution in [0.15, 0.2) is 44.7 Å². The van der Waals surface area contributed by atoms with Crippen LogP contribution in [0, 0.1) is 17.0 Å². The molecule has 0 N–H and O–H groups in total. The average Bonchev–Trinajstić information content (AvgIpc) is 2.77. The molecule has 12 heteroatoms. The molecule has 0 aliphatic rings. The second-order valence-electron chi connectivity index (χ2n) is 7.34. The van der Waals surface area contributed by atoms with Crippen LogP contribution in [0.1, 0.15) is 25.2 Å². The summed E-state index contributed by atoms with van der Waals surface area (Å²) in [6.07, 6.45) is 0.913. The number of rotatable bonds is 8. The highest BCUT2D eigenvalue weighted by molar-refractivity contribution is 9.10. The Morgan fingerprint density at radius 1 is 1.32 bits per heavy atom. The Balaban J connectivity index is 1.99. The van der Waals surface area contributed by atoms with Crippen LogP contribution in [0.25, 0.3) is 10.9 Å². The molecule has 0 unspecified atom stereocenters. The summed E-state index contributed by atoms with van der Waals surface area (Å²) in [6, 6.07) is 7.76. The van der Waals surface area contributed by atoms with E-state index >= 15 is 0 Å². The van der Waals surface area contributed by atoms with Crippen LogP contribution in [-0.2, 0) is 9.53 Å². The number of halogens is 1. The van der Waals surface area contributed by atoms with Crippen LogP contribution in [0.2, 0.25) is 0 Å². The second kappa shape index (κ2) is 10.4. The van der Waals surface area contributed by atoms with Crippen LogP contribution in [0.4, 0.5) is 5.69 Å². The molecule has 0 bridgehead atoms. The molecular weight excluding hydrogens is 512 g/mol. The van der Waals surface area contributed by atoms with Crippen molar-refractivity contribution in [3.8, 4) is 11.5 Å². The Bertz CT molecular complexity index is 1350. The lowest BCUT2D eigenvalue weighted by Crippen LogP contribution is -2.20. The molecule has 178 valence electrons. The molecule has 2 aromatic carbocycles. The van der Waals surface area contributed by atoms with Crippen LogP contribution in [-0.4, -0.2) is 46.6 Å². The summed E-state index contributed by atoms with van der Waals surface area (Å²) in [6.45, 7) is 4.43. The van der Waals surface area contributed by atoms with Crippen molar-refractivity contribution in [2.45, 2.75) is 26.9 Å². The van der Waals surface area contributed by atoms with E-state index in [2.05, 4.69) is 26.0 Å². The number of hydrogen-bond donors (Lipinski definition) is 0. The minimum atomic E-state index is -0.678. The standard InChI is InChI=1S/C22H21BrN4O7/c1-12(2)34-20(28)11-33-21-18(27(30)31)7-14(8-19(21)32-4)10-24-26-13(3)25-17-6-5-15(23)9-16(17)22(26)29/h5-10,12H,11H2,1-4H3. The summed E-state index contributed by atoms with van der Waals surface area (Å²) in [7, 11) is 1.30. The number of benzene rings is 2. The summed E-state index contributed by atoms with van der Waals surface area (Å²) in [5.41, 5.74) is -0.0545. The van der Waals surface area contributed by atoms with E-state index < -0.39 is 28.7 Å². The third-order valence-corrected chi connectivity index (χ3v) is 4.96. The van der Waals surface area contributed by atoms with Gasteiger partial charge in [0.25, 0.3) is 5.56 Å². The van der Waals surface area contributed by atoms with Crippen LogP contribution in [0.3, 0.4) is 0 Å². The summed E-state index contributed by atoms with van der Waals surface area (Å²) in [5.74, 6) is -0.558. The van der Waals surface area contributed by atoms with E-state index in [0.29, 0.717) is 21.2 Å². The summed E-state index contributed by atoms with van der Waals surface area (Å²) < 4.78 is 17.4. The molecule has 0 aliphatic carbocycles. The lowest BCUT2D eigenvalue weighted by Gasteiger charge is -2.12. The van der Waals surface area contributed by atoms with Gasteiger partial charge in [-0.25, -0.2) is 9.78 Å². The lowest BCUT2D eigenvalue weighted by molar-refractivity contribution is -0.385. The molecule has 1 heterocycles. The normalized spacial score (nSPS) is 11.2. The van der Waals surface area contributed by atoms with Gasteiger partial charge in [0.1, 0.15) is 5.82 Å². The summed E-state index contributed by atoms with van der Waals surface area (Å²) in [4.78, 5) is 40.1. The predicted octanol–water partition coefficient (Wildman–Crippen LogP) is 3.60. The van der Waals surface area contributed by atoms with Crippen LogP contribution >= 0.6 is 15.9 Å². The Kier molecular flexibility index (Phi) is 7.61. The SMILES string of the molecule is COc1cc(C=Nn2c(C)nc3ccc(Br)cc3c2=O)cc([N+](=O)[O-])c1OCC(=O)OC(C)C. The number of nitro groups is 1. The molecule has 0 atom stereocenters. The topological polar surface area (TPSA) is 135 Å². The highest BCUT2D eigenvalue weighted by Crippen LogP contribution is 2.38. The maximum absolute atomic E-state index is 12.9. The van der Waals surface area contributed by atoms with Crippen LogP contribution in [0.5, 0.6) is 11.5 Å². The fourth-order valence-electron chi connectivity index (χ4n) is 3.06. The number of esters is 1. The molecule has 34 heavy (non-hydrogen) atoms. The van der Waals surface area contributed by atoms with Crippen molar-refractivity contribution < 1.29 is 23.9 Å². The largest absolute Gasteiger partial charge is 0.493 e. The van der Waals surface area contributed by atoms with E-state index in [-0.39, 0.29) is 23.2 Å². The van der Waals surface area contributed by atoms with E-state index in [1.54, 1.807) is 39.0 Å². The molecule has 0 aliphatic heterocycles. The lowest BCUT2D eigenvalue weighted by atomic mass is 10.2. The van der Waals surface area contributed by atoms with Crippen LogP contribution < -0.4 is 15.0 Å². The van der Waals surface area contributed by atoms with Gasteiger partial charge in [-0.15, -0.1) is 0 Å². The van der Waals surface area contributed by atoms with E-state index in [1.165, 1.54) is 25.5 Å². The molecule has 0 saturated carbocycles. The fourth-order valence-corrected chi connectivity index (χ4v) is 3.42. The zero-order valence-corrected chi connectivity index (χ0v) is 20.4. The van der Waals surface area contributed by atoms with E-state index in [0.717, 1.165) is 4.68 Å². The van der Waals surface area contributed by atoms with Crippen molar-refractivity contribution in [2.24, 2.45) is 5.10 Å². The number of hydrogen-bond acceptors (Lipinski definition) is 9. The maximum Gasteiger partial charge on any atom is 0.344 e. The first-order valence-electron chi connectivity index (χ1n) is 10.0. The zero-order chi connectivity index (χ0) is 25.0. The molecule has 0 spiro atoms. The summed E-state index contributed by atoms with van der Waals surface area (Å²) >= 11 is 3.33. The zero-order valence-electron chi connectivity index (χ0n) is 18.8. The summed E-state index contributed by atoms with van der Waals surface area (Å²) in [5, 5.41) is 16.2. The Morgan fingerprint density at radius 3 is 2.71 bits per heavy atom. The van der Waals surface area contributed by atoms with Crippen molar-refractivity contribution in [2.75, 3.05) is 13.7 Å². The number of methoxy groups -OCH3 is 1. The van der Waals surface area contributed by atoms with Gasteiger partial charge < -0.3 is 14.2 Å². The predicted molar refractivity (Wildman–Crippen MR) is 128 cm³/mol. The third kappa shape index (κ3) is 5.57. The molecule has 0 fully saturated rings. The van der Waals surface area contributed by atoms with Gasteiger partial charge in [-0.05, 0) is 45.0 Å². The number of aryl methyl sites for hydroxylation is 1. The molecule has 0 radical (unpaired) electrons. The van der Waals surface area contributed by atoms with Gasteiger partial charge in [0, 0.05) is 16.1 Å². The first-order valence-corrected chi connectivity index (χ1v) is 10.8. The van der Waals surface area contributed by atoms with Gasteiger partial charge in [0.05, 0.1) is 35.3 Å². The number of carbonyl (C=O) groups is 1. The fraction of sp³-hybridized carbons (Fsp3) is 0.273. The van der Waals surface area contributed by atoms with Gasteiger partial charge in [-0.1, -0.05) is 15.9 Å². The quantitative estimate of drug-likeness (QED) is 0.186. The smallest absolute Gasteiger partial charge is 0.344 e. The van der Waals surface area contributed by atoms with Crippen molar-refractivity contribution in [3.63, 3.8) is 0 Å². The minimum Gasteiger partial charge on any atom is -0.493 e. The molecule has 0 amide bonds. The van der Waals surface area contributed by atoms with Gasteiger partial charge in [-0.3, -0.25) is 14.9 Å². The number of nitrogens with zero attached hydrogens (tertiary/aromatic N) is 4. The van der Waals surface area contributed by atoms with Gasteiger partial charge in [0.2, 0.25) is 5.75 Å². The highest BCUT2D eigenvalue weighted by Gasteiger charge is 2.23. The third-order valence-electron chi connectivity index (χ3n) is 4.47. The molecule has 1 aromatic heterocycles. The van der Waals surface area contributed by atoms with Gasteiger partial charge >= 0.3 is 11.7 Å². The van der Waals surface area contributed by atoms with Gasteiger partial charge in [0.15, 0.2) is 12.4 Å². The maximum atomic E-state index is 12.9. The molecule has 0 saturated heterocycles. The molecule has 3 aromatic rings. The van der Waals surface area contributed by atoms with Crippen molar-refractivity contribution >= 4 is 44.7 Å². The number of fused-ring (bicyclic) bond motifs is 1. The molecule has 3 rings (SSSR count). The minimum absolute atomic E-state index is 0.0117. The van der Waals surface area contributed by atoms with Gasteiger partial charge in [-0.2, -0.15) is 9.78 Å². The monoisotopic (exact) mass is 532 g/mol. The Labute approximate surface area is 202 Å². The first kappa shape index (κ1) is 24.8. The number of nitro benzene ring substituents is 1. The highest BCUT2D eigenvalue weighted by atomic mass is 79.9. The van der Waals surface area contributed by atoms with Crippen molar-refractivity contribution in [3.05, 3.63) is 66.7 Å². The van der Waals surface area contributed by atoms with E-state index in [4.69, 9.17) is 14.2 Å². The number of ether oxygens (including phenoxy) is 3. The first-order chi connectivity index (χ1) is 16.1. The second-order valence-corrected chi connectivity index (χ2v) is 8.25.